The molecule has 1 aliphatic carbocycles. The Balaban J connectivity index is 1.49. The van der Waals surface area contributed by atoms with Gasteiger partial charge in [-0.15, -0.1) is 5.10 Å². The molecule has 1 aromatic heterocycles. The Labute approximate surface area is 171 Å². The smallest absolute Gasteiger partial charge is 0.321 e. The van der Waals surface area contributed by atoms with Crippen LogP contribution >= 0.6 is 35.3 Å². The normalized spacial score (nSPS) is 19.4. The molecule has 9 heteroatoms. The summed E-state index contributed by atoms with van der Waals surface area (Å²) in [5.41, 5.74) is 0.885. The monoisotopic (exact) mass is 422 g/mol. The van der Waals surface area contributed by atoms with Crippen LogP contribution in [0, 0.1) is 9.87 Å². The summed E-state index contributed by atoms with van der Waals surface area (Å²) in [7, 11) is 0. The molecule has 144 valence electrons. The first-order valence-corrected chi connectivity index (χ1v) is 11.1. The number of nitrogens with zero attached hydrogens (tertiary/aromatic N) is 2. The fourth-order valence-electron chi connectivity index (χ4n) is 3.08. The second kappa shape index (κ2) is 9.48. The van der Waals surface area contributed by atoms with Crippen molar-refractivity contribution in [1.29, 1.82) is 0 Å². The topological polar surface area (TPSA) is 76.0 Å². The number of carbonyl (C=O) groups excluding carboxylic acids is 2. The molecule has 1 aromatic carbocycles. The highest BCUT2D eigenvalue weighted by atomic mass is 32.2. The molecule has 0 spiro atoms. The molecule has 0 aliphatic heterocycles. The van der Waals surface area contributed by atoms with E-state index in [1.54, 1.807) is 4.68 Å². The van der Waals surface area contributed by atoms with Gasteiger partial charge in [0.25, 0.3) is 0 Å². The molecule has 2 N–H and O–H groups in total. The zero-order valence-electron chi connectivity index (χ0n) is 15.0. The first kappa shape index (κ1) is 20.0. The van der Waals surface area contributed by atoms with E-state index in [0.29, 0.717) is 14.2 Å². The summed E-state index contributed by atoms with van der Waals surface area (Å²) >= 11 is 7.97. The summed E-state index contributed by atoms with van der Waals surface area (Å²) in [4.78, 5) is 24.1. The SMILES string of the molecule is C[C@@H]1CCCC[C@H]1NC(=O)NC(=O)CSc1nn(-c2ccccc2)c(=S)s1. The van der Waals surface area contributed by atoms with Gasteiger partial charge >= 0.3 is 6.03 Å². The Morgan fingerprint density at radius 1 is 1.30 bits per heavy atom. The van der Waals surface area contributed by atoms with E-state index in [0.717, 1.165) is 24.9 Å². The quantitative estimate of drug-likeness (QED) is 0.559. The minimum atomic E-state index is -0.415. The summed E-state index contributed by atoms with van der Waals surface area (Å²) in [5.74, 6) is 0.224. The van der Waals surface area contributed by atoms with Gasteiger partial charge in [0.2, 0.25) is 5.91 Å². The highest BCUT2D eigenvalue weighted by Crippen LogP contribution is 2.24. The Hall–Kier alpha value is -1.71. The Kier molecular flexibility index (Phi) is 7.03. The Bertz CT molecular complexity index is 850. The molecular weight excluding hydrogens is 400 g/mol. The number of hydrogen-bond acceptors (Lipinski definition) is 6. The highest BCUT2D eigenvalue weighted by Gasteiger charge is 2.23. The lowest BCUT2D eigenvalue weighted by molar-refractivity contribution is -0.117. The first-order valence-electron chi connectivity index (χ1n) is 8.91. The molecule has 0 saturated heterocycles. The van der Waals surface area contributed by atoms with E-state index >= 15 is 0 Å². The van der Waals surface area contributed by atoms with Gasteiger partial charge < -0.3 is 5.32 Å². The summed E-state index contributed by atoms with van der Waals surface area (Å²) in [5, 5.41) is 9.77. The fourth-order valence-corrected chi connectivity index (χ4v) is 5.24. The molecule has 0 unspecified atom stereocenters. The van der Waals surface area contributed by atoms with E-state index in [1.165, 1.54) is 29.5 Å². The molecule has 1 fully saturated rings. The number of nitrogens with one attached hydrogen (secondary N) is 2. The molecule has 1 aliphatic rings. The molecule has 2 aromatic rings. The maximum absolute atomic E-state index is 12.1. The molecule has 2 atom stereocenters. The maximum atomic E-state index is 12.1. The number of thioether (sulfide) groups is 1. The maximum Gasteiger partial charge on any atom is 0.321 e. The number of hydrogen-bond donors (Lipinski definition) is 2. The number of urea groups is 1. The van der Waals surface area contributed by atoms with Gasteiger partial charge in [-0.25, -0.2) is 9.48 Å². The second-order valence-electron chi connectivity index (χ2n) is 6.56. The number of aromatic nitrogens is 2. The molecule has 1 heterocycles. The van der Waals surface area contributed by atoms with Crippen LogP contribution in [-0.4, -0.2) is 33.5 Å². The van der Waals surface area contributed by atoms with Gasteiger partial charge in [0, 0.05) is 6.04 Å². The standard InChI is InChI=1S/C18H22N4O2S3/c1-12-7-5-6-10-14(12)19-16(24)20-15(23)11-26-17-21-22(18(25)27-17)13-8-3-2-4-9-13/h2-4,8-9,12,14H,5-7,10-11H2,1H3,(H2,19,20,23,24)/t12-,14-/m1/s1. The molecule has 0 radical (unpaired) electrons. The lowest BCUT2D eigenvalue weighted by Crippen LogP contribution is -2.48. The van der Waals surface area contributed by atoms with E-state index < -0.39 is 6.03 Å². The third kappa shape index (κ3) is 5.63. The lowest BCUT2D eigenvalue weighted by Gasteiger charge is -2.29. The third-order valence-electron chi connectivity index (χ3n) is 4.54. The summed E-state index contributed by atoms with van der Waals surface area (Å²) < 4.78 is 2.99. The third-order valence-corrected chi connectivity index (χ3v) is 6.90. The fraction of sp³-hybridized carbons (Fsp3) is 0.444. The summed E-state index contributed by atoms with van der Waals surface area (Å²) in [6.45, 7) is 2.14. The van der Waals surface area contributed by atoms with Crippen molar-refractivity contribution in [2.45, 2.75) is 43.0 Å². The van der Waals surface area contributed by atoms with Crippen LogP contribution in [0.4, 0.5) is 4.79 Å². The average Bonchev–Trinajstić information content (AvgIpc) is 3.03. The molecule has 1 saturated carbocycles. The lowest BCUT2D eigenvalue weighted by atomic mass is 9.86. The number of amides is 3. The van der Waals surface area contributed by atoms with Crippen LogP contribution in [0.15, 0.2) is 34.7 Å². The summed E-state index contributed by atoms with van der Waals surface area (Å²) in [6.07, 6.45) is 4.41. The number of carbonyl (C=O) groups is 2. The first-order chi connectivity index (χ1) is 13.0. The molecule has 3 rings (SSSR count). The number of para-hydroxylation sites is 1. The Morgan fingerprint density at radius 3 is 2.78 bits per heavy atom. The molecule has 27 heavy (non-hydrogen) atoms. The van der Waals surface area contributed by atoms with Gasteiger partial charge in [-0.1, -0.05) is 61.1 Å². The van der Waals surface area contributed by atoms with Crippen molar-refractivity contribution < 1.29 is 9.59 Å². The summed E-state index contributed by atoms with van der Waals surface area (Å²) in [6, 6.07) is 9.34. The van der Waals surface area contributed by atoms with Gasteiger partial charge in [-0.2, -0.15) is 0 Å². The largest absolute Gasteiger partial charge is 0.335 e. The van der Waals surface area contributed by atoms with Crippen molar-refractivity contribution >= 4 is 47.3 Å². The molecule has 0 bridgehead atoms. The second-order valence-corrected chi connectivity index (χ2v) is 9.40. The Morgan fingerprint density at radius 2 is 2.04 bits per heavy atom. The van der Waals surface area contributed by atoms with Crippen molar-refractivity contribution in [3.8, 4) is 5.69 Å². The van der Waals surface area contributed by atoms with Crippen molar-refractivity contribution in [2.24, 2.45) is 5.92 Å². The van der Waals surface area contributed by atoms with Crippen LogP contribution in [-0.2, 0) is 4.79 Å². The predicted molar refractivity (Wildman–Crippen MR) is 111 cm³/mol. The van der Waals surface area contributed by atoms with Crippen molar-refractivity contribution in [3.63, 3.8) is 0 Å². The van der Waals surface area contributed by atoms with Crippen LogP contribution in [0.3, 0.4) is 0 Å². The van der Waals surface area contributed by atoms with Gasteiger partial charge in [0.1, 0.15) is 0 Å². The van der Waals surface area contributed by atoms with Crippen LogP contribution in [0.1, 0.15) is 32.6 Å². The van der Waals surface area contributed by atoms with E-state index in [2.05, 4.69) is 22.7 Å². The highest BCUT2D eigenvalue weighted by molar-refractivity contribution is 8.01. The molecule has 6 nitrogen and oxygen atoms in total. The zero-order valence-corrected chi connectivity index (χ0v) is 17.5. The van der Waals surface area contributed by atoms with E-state index in [9.17, 15) is 9.59 Å². The van der Waals surface area contributed by atoms with Crippen LogP contribution in [0.2, 0.25) is 0 Å². The van der Waals surface area contributed by atoms with Crippen molar-refractivity contribution in [1.82, 2.24) is 20.4 Å². The van der Waals surface area contributed by atoms with Gasteiger partial charge in [0.15, 0.2) is 8.29 Å². The molecule has 3 amide bonds. The minimum Gasteiger partial charge on any atom is -0.335 e. The molecular formula is C18H22N4O2S3. The van der Waals surface area contributed by atoms with Gasteiger partial charge in [-0.05, 0) is 43.1 Å². The van der Waals surface area contributed by atoms with Crippen LogP contribution in [0.5, 0.6) is 0 Å². The number of rotatable bonds is 5. The van der Waals surface area contributed by atoms with Crippen molar-refractivity contribution in [2.75, 3.05) is 5.75 Å². The van der Waals surface area contributed by atoms with Crippen LogP contribution in [0.25, 0.3) is 5.69 Å². The van der Waals surface area contributed by atoms with Gasteiger partial charge in [-0.3, -0.25) is 10.1 Å². The zero-order chi connectivity index (χ0) is 19.2. The minimum absolute atomic E-state index is 0.116. The predicted octanol–water partition coefficient (Wildman–Crippen LogP) is 4.16. The van der Waals surface area contributed by atoms with Crippen LogP contribution < -0.4 is 10.6 Å². The average molecular weight is 423 g/mol. The van der Waals surface area contributed by atoms with E-state index in [-0.39, 0.29) is 17.7 Å². The van der Waals surface area contributed by atoms with Crippen molar-refractivity contribution in [3.05, 3.63) is 34.3 Å². The van der Waals surface area contributed by atoms with Gasteiger partial charge in [0.05, 0.1) is 11.4 Å². The van der Waals surface area contributed by atoms with E-state index in [1.807, 2.05) is 30.3 Å². The number of benzene rings is 1. The van der Waals surface area contributed by atoms with E-state index in [4.69, 9.17) is 12.2 Å². The number of imide groups is 1.